The van der Waals surface area contributed by atoms with Gasteiger partial charge in [-0.2, -0.15) is 20.4 Å². The molecule has 2 aromatic carbocycles. The number of hydrogen-bond acceptors (Lipinski definition) is 11. The number of piperidine rings is 2. The van der Waals surface area contributed by atoms with Crippen LogP contribution in [0.3, 0.4) is 0 Å². The van der Waals surface area contributed by atoms with Crippen LogP contribution in [-0.2, 0) is 9.59 Å². The first-order valence-electron chi connectivity index (χ1n) is 21.8. The van der Waals surface area contributed by atoms with Crippen molar-refractivity contribution in [2.24, 2.45) is 11.8 Å². The second-order valence-electron chi connectivity index (χ2n) is 17.0. The molecule has 3 aliphatic rings. The summed E-state index contributed by atoms with van der Waals surface area (Å²) in [6, 6.07) is 16.7. The lowest BCUT2D eigenvalue weighted by Gasteiger charge is -2.32. The fourth-order valence-electron chi connectivity index (χ4n) is 8.88. The Labute approximate surface area is 357 Å². The topological polar surface area (TPSA) is 163 Å². The number of benzene rings is 2. The minimum absolute atomic E-state index is 0.0704. The highest BCUT2D eigenvalue weighted by molar-refractivity contribution is 5.93. The van der Waals surface area contributed by atoms with Gasteiger partial charge in [-0.25, -0.2) is 9.36 Å². The molecule has 7 heterocycles. The Kier molecular flexibility index (Phi) is 12.3. The highest BCUT2D eigenvalue weighted by Gasteiger charge is 2.30. The van der Waals surface area contributed by atoms with Crippen LogP contribution in [0.1, 0.15) is 72.4 Å². The predicted molar refractivity (Wildman–Crippen MR) is 238 cm³/mol. The number of aryl methyl sites for hydroxylation is 6. The van der Waals surface area contributed by atoms with Gasteiger partial charge in [0.05, 0.1) is 50.8 Å². The fourth-order valence-corrected chi connectivity index (χ4v) is 8.88. The maximum atomic E-state index is 12.7. The third-order valence-corrected chi connectivity index (χ3v) is 12.7. The monoisotopic (exact) mass is 826 g/mol. The van der Waals surface area contributed by atoms with Gasteiger partial charge in [-0.3, -0.25) is 9.59 Å². The van der Waals surface area contributed by atoms with Gasteiger partial charge < -0.3 is 25.1 Å². The summed E-state index contributed by atoms with van der Waals surface area (Å²) in [5, 5.41) is 42.1. The van der Waals surface area contributed by atoms with Gasteiger partial charge in [-0.15, -0.1) is 10.2 Å². The molecule has 0 bridgehead atoms. The van der Waals surface area contributed by atoms with Gasteiger partial charge in [0, 0.05) is 38.6 Å². The number of carbonyl (C=O) groups is 2. The number of carboxylic acid groups (broad SMARTS) is 1. The van der Waals surface area contributed by atoms with Crippen LogP contribution in [0.4, 0.5) is 11.6 Å². The van der Waals surface area contributed by atoms with Crippen molar-refractivity contribution in [3.05, 3.63) is 82.4 Å². The third-order valence-electron chi connectivity index (χ3n) is 12.7. The summed E-state index contributed by atoms with van der Waals surface area (Å²) in [7, 11) is 0. The van der Waals surface area contributed by atoms with Crippen molar-refractivity contribution in [3.8, 4) is 11.4 Å². The molecular weight excluding hydrogens is 769 g/mol. The summed E-state index contributed by atoms with van der Waals surface area (Å²) in [5.41, 5.74) is 10.0. The van der Waals surface area contributed by atoms with Crippen LogP contribution >= 0.6 is 0 Å². The molecule has 1 amide bonds. The first-order chi connectivity index (χ1) is 29.5. The molecule has 0 radical (unpaired) electrons. The number of nitrogens with one attached hydrogen (secondary N) is 1. The van der Waals surface area contributed by atoms with Gasteiger partial charge in [0.2, 0.25) is 5.91 Å². The minimum Gasteiger partial charge on any atom is -0.481 e. The summed E-state index contributed by atoms with van der Waals surface area (Å²) in [6.45, 7) is 19.4. The maximum absolute atomic E-state index is 12.7. The molecule has 3 fully saturated rings. The van der Waals surface area contributed by atoms with Crippen LogP contribution in [-0.4, -0.2) is 114 Å². The van der Waals surface area contributed by atoms with Crippen molar-refractivity contribution >= 4 is 45.3 Å². The summed E-state index contributed by atoms with van der Waals surface area (Å²) in [4.78, 5) is 30.7. The molecule has 2 N–H and O–H groups in total. The van der Waals surface area contributed by atoms with E-state index >= 15 is 0 Å². The normalized spacial score (nSPS) is 16.4. The molecule has 3 aliphatic heterocycles. The Morgan fingerprint density at radius 1 is 0.623 bits per heavy atom. The van der Waals surface area contributed by atoms with Gasteiger partial charge in [-0.1, -0.05) is 35.4 Å². The lowest BCUT2D eigenvalue weighted by Crippen LogP contribution is -2.42. The number of likely N-dealkylation sites (tertiary alicyclic amines) is 1. The fraction of sp³-hybridized carbons (Fsp3) is 0.478. The standard InChI is InChI=1S/C26H35N7O.C20H23N5O2/c1-18-6-8-22(9-7-18)33-20(3)23-19(2)28-29-25(24(23)30-33)32-16-10-21(11-17-32)26(34)27-12-4-13-31-14-5-15-31;1-12-4-6-16(7-5-12)25-14(3)17-13(2)21-22-19(18(17)23-25)24-10-8-15(9-11-24)20(26)27/h6-9,21H,4-5,10-17H2,1-3H3,(H,27,34);4-7,15H,8-11H2,1-3H3,(H,26,27). The Morgan fingerprint density at radius 2 is 1.07 bits per heavy atom. The van der Waals surface area contributed by atoms with Crippen LogP contribution in [0, 0.1) is 53.4 Å². The number of aromatic nitrogens is 8. The van der Waals surface area contributed by atoms with Crippen molar-refractivity contribution in [2.75, 3.05) is 62.2 Å². The van der Waals surface area contributed by atoms with Crippen molar-refractivity contribution in [1.29, 1.82) is 0 Å². The Balaban J connectivity index is 0.000000173. The second kappa shape index (κ2) is 17.9. The molecule has 0 aliphatic carbocycles. The second-order valence-corrected chi connectivity index (χ2v) is 17.0. The number of carboxylic acids is 1. The van der Waals surface area contributed by atoms with E-state index in [1.165, 1.54) is 30.6 Å². The lowest BCUT2D eigenvalue weighted by atomic mass is 9.95. The summed E-state index contributed by atoms with van der Waals surface area (Å²) in [5.74, 6) is 0.844. The highest BCUT2D eigenvalue weighted by Crippen LogP contribution is 2.33. The number of hydrogen-bond donors (Lipinski definition) is 2. The van der Waals surface area contributed by atoms with Crippen LogP contribution in [0.15, 0.2) is 48.5 Å². The zero-order valence-electron chi connectivity index (χ0n) is 36.4. The summed E-state index contributed by atoms with van der Waals surface area (Å²) >= 11 is 0. The number of rotatable bonds is 10. The minimum atomic E-state index is -0.714. The molecule has 61 heavy (non-hydrogen) atoms. The van der Waals surface area contributed by atoms with Crippen LogP contribution in [0.25, 0.3) is 33.2 Å². The van der Waals surface area contributed by atoms with E-state index < -0.39 is 5.97 Å². The molecule has 6 aromatic rings. The molecule has 320 valence electrons. The van der Waals surface area contributed by atoms with Gasteiger partial charge >= 0.3 is 5.97 Å². The van der Waals surface area contributed by atoms with Crippen molar-refractivity contribution in [2.45, 2.75) is 80.1 Å². The summed E-state index contributed by atoms with van der Waals surface area (Å²) in [6.07, 6.45) is 5.23. The summed E-state index contributed by atoms with van der Waals surface area (Å²) < 4.78 is 3.93. The average molecular weight is 827 g/mol. The van der Waals surface area contributed by atoms with Gasteiger partial charge in [0.1, 0.15) is 11.0 Å². The Hall–Kier alpha value is -5.96. The third kappa shape index (κ3) is 8.79. The molecule has 0 spiro atoms. The molecule has 15 heteroatoms. The highest BCUT2D eigenvalue weighted by atomic mass is 16.4. The molecule has 4 aromatic heterocycles. The zero-order chi connectivity index (χ0) is 42.8. The van der Waals surface area contributed by atoms with Gasteiger partial charge in [0.15, 0.2) is 11.6 Å². The molecule has 0 saturated carbocycles. The maximum Gasteiger partial charge on any atom is 0.306 e. The van der Waals surface area contributed by atoms with Crippen molar-refractivity contribution < 1.29 is 14.7 Å². The van der Waals surface area contributed by atoms with E-state index in [9.17, 15) is 14.7 Å². The lowest BCUT2D eigenvalue weighted by molar-refractivity contribution is -0.142. The zero-order valence-corrected chi connectivity index (χ0v) is 36.4. The molecule has 15 nitrogen and oxygen atoms in total. The average Bonchev–Trinajstić information content (AvgIpc) is 3.79. The SMILES string of the molecule is Cc1ccc(-n2nc3c(N4CCC(C(=O)NCCCN5CCC5)CC4)nnc(C)c3c2C)cc1.Cc1ccc(-n2nc3c(N4CCC(C(=O)O)CC4)nnc(C)c3c2C)cc1. The molecular formula is C46H58N12O3. The Bertz CT molecular complexity index is 2510. The number of carbonyl (C=O) groups excluding carboxylic acids is 1. The van der Waals surface area contributed by atoms with E-state index in [1.54, 1.807) is 0 Å². The van der Waals surface area contributed by atoms with Crippen LogP contribution < -0.4 is 15.1 Å². The van der Waals surface area contributed by atoms with Crippen molar-refractivity contribution in [1.82, 2.24) is 50.2 Å². The smallest absolute Gasteiger partial charge is 0.306 e. The quantitative estimate of drug-likeness (QED) is 0.150. The Morgan fingerprint density at radius 3 is 1.48 bits per heavy atom. The number of amides is 1. The molecule has 3 saturated heterocycles. The van der Waals surface area contributed by atoms with Crippen LogP contribution in [0.5, 0.6) is 0 Å². The largest absolute Gasteiger partial charge is 0.481 e. The number of fused-ring (bicyclic) bond motifs is 2. The number of nitrogens with zero attached hydrogens (tertiary/aromatic N) is 11. The van der Waals surface area contributed by atoms with Crippen LogP contribution in [0.2, 0.25) is 0 Å². The predicted octanol–water partition coefficient (Wildman–Crippen LogP) is 6.21. The van der Waals surface area contributed by atoms with E-state index in [0.717, 1.165) is 113 Å². The number of anilines is 2. The molecule has 9 rings (SSSR count). The van der Waals surface area contributed by atoms with Gasteiger partial charge in [0.25, 0.3) is 0 Å². The van der Waals surface area contributed by atoms with E-state index in [4.69, 9.17) is 10.2 Å². The molecule has 0 unspecified atom stereocenters. The van der Waals surface area contributed by atoms with Crippen molar-refractivity contribution in [3.63, 3.8) is 0 Å². The van der Waals surface area contributed by atoms with E-state index in [1.807, 2.05) is 30.1 Å². The first kappa shape index (κ1) is 41.8. The van der Waals surface area contributed by atoms with E-state index in [-0.39, 0.29) is 17.7 Å². The first-order valence-corrected chi connectivity index (χ1v) is 21.8. The van der Waals surface area contributed by atoms with E-state index in [0.29, 0.717) is 25.9 Å². The molecule has 0 atom stereocenters. The van der Waals surface area contributed by atoms with Gasteiger partial charge in [-0.05, 0) is 124 Å². The number of aliphatic carboxylic acids is 1. The van der Waals surface area contributed by atoms with E-state index in [2.05, 4.69) is 110 Å².